The lowest BCUT2D eigenvalue weighted by Gasteiger charge is -2.11. The van der Waals surface area contributed by atoms with Crippen molar-refractivity contribution in [3.63, 3.8) is 0 Å². The Kier molecular flexibility index (Phi) is 3.71. The molecule has 0 amide bonds. The van der Waals surface area contributed by atoms with E-state index in [2.05, 4.69) is 15.3 Å². The minimum atomic E-state index is -4.43. The Morgan fingerprint density at radius 2 is 1.90 bits per heavy atom. The van der Waals surface area contributed by atoms with Crippen molar-refractivity contribution in [1.82, 2.24) is 9.97 Å². The van der Waals surface area contributed by atoms with Crippen LogP contribution in [0.15, 0.2) is 24.3 Å². The molecule has 0 aliphatic rings. The number of benzene rings is 1. The Morgan fingerprint density at radius 3 is 2.45 bits per heavy atom. The maximum Gasteiger partial charge on any atom is 0.416 e. The predicted molar refractivity (Wildman–Crippen MR) is 70.9 cm³/mol. The Labute approximate surface area is 117 Å². The van der Waals surface area contributed by atoms with Crippen LogP contribution in [-0.4, -0.2) is 9.97 Å². The predicted octanol–water partition coefficient (Wildman–Crippen LogP) is 3.78. The highest BCUT2D eigenvalue weighted by atomic mass is 35.5. The van der Waals surface area contributed by atoms with E-state index in [1.807, 2.05) is 0 Å². The number of hydrogen-bond acceptors (Lipinski definition) is 4. The molecule has 0 bridgehead atoms. The van der Waals surface area contributed by atoms with Gasteiger partial charge in [-0.25, -0.2) is 4.98 Å². The smallest absolute Gasteiger partial charge is 0.368 e. The number of rotatable bonds is 2. The van der Waals surface area contributed by atoms with Gasteiger partial charge in [0.05, 0.1) is 16.3 Å². The van der Waals surface area contributed by atoms with E-state index in [-0.39, 0.29) is 11.0 Å². The molecular weight excluding hydrogens is 293 g/mol. The molecule has 0 saturated carbocycles. The molecule has 20 heavy (non-hydrogen) atoms. The second-order valence-electron chi connectivity index (χ2n) is 4.07. The summed E-state index contributed by atoms with van der Waals surface area (Å²) in [5, 5.41) is 2.74. The molecule has 106 valence electrons. The van der Waals surface area contributed by atoms with Crippen LogP contribution in [0.25, 0.3) is 0 Å². The van der Waals surface area contributed by atoms with Gasteiger partial charge in [0, 0.05) is 11.8 Å². The summed E-state index contributed by atoms with van der Waals surface area (Å²) < 4.78 is 37.5. The highest BCUT2D eigenvalue weighted by molar-refractivity contribution is 6.33. The lowest BCUT2D eigenvalue weighted by atomic mass is 10.2. The highest BCUT2D eigenvalue weighted by Gasteiger charge is 2.30. The highest BCUT2D eigenvalue weighted by Crippen LogP contribution is 2.34. The van der Waals surface area contributed by atoms with E-state index < -0.39 is 11.7 Å². The molecular formula is C12H10ClF3N4. The third-order valence-corrected chi connectivity index (χ3v) is 2.74. The minimum absolute atomic E-state index is 0.0605. The number of aromatic nitrogens is 2. The van der Waals surface area contributed by atoms with E-state index in [0.717, 1.165) is 12.1 Å². The van der Waals surface area contributed by atoms with Crippen LogP contribution in [0.2, 0.25) is 5.02 Å². The fraction of sp³-hybridized carbons (Fsp3) is 0.167. The zero-order valence-corrected chi connectivity index (χ0v) is 11.0. The van der Waals surface area contributed by atoms with Crippen molar-refractivity contribution < 1.29 is 13.2 Å². The van der Waals surface area contributed by atoms with Gasteiger partial charge in [-0.2, -0.15) is 18.2 Å². The molecule has 0 fully saturated rings. The molecule has 4 nitrogen and oxygen atoms in total. The number of nitrogens with two attached hydrogens (primary N) is 1. The van der Waals surface area contributed by atoms with Crippen LogP contribution in [0.1, 0.15) is 11.3 Å². The summed E-state index contributed by atoms with van der Waals surface area (Å²) in [6.07, 6.45) is -4.43. The summed E-state index contributed by atoms with van der Waals surface area (Å²) in [5.74, 6) is 0.423. The second-order valence-corrected chi connectivity index (χ2v) is 4.48. The molecule has 1 heterocycles. The molecule has 1 aromatic heterocycles. The second kappa shape index (κ2) is 5.16. The lowest BCUT2D eigenvalue weighted by Crippen LogP contribution is -2.05. The van der Waals surface area contributed by atoms with Crippen molar-refractivity contribution >= 4 is 29.1 Å². The van der Waals surface area contributed by atoms with Crippen molar-refractivity contribution in [3.8, 4) is 0 Å². The Hall–Kier alpha value is -2.02. The summed E-state index contributed by atoms with van der Waals surface area (Å²) >= 11 is 5.83. The SMILES string of the molecule is Cc1cc(Nc2ccc(C(F)(F)F)cc2Cl)nc(N)n1. The molecule has 3 N–H and O–H groups in total. The molecule has 0 aliphatic carbocycles. The molecule has 0 unspecified atom stereocenters. The maximum absolute atomic E-state index is 12.5. The van der Waals surface area contributed by atoms with Gasteiger partial charge in [0.15, 0.2) is 0 Å². The van der Waals surface area contributed by atoms with Gasteiger partial charge in [0.2, 0.25) is 5.95 Å². The number of alkyl halides is 3. The largest absolute Gasteiger partial charge is 0.416 e. The molecule has 1 aromatic carbocycles. The van der Waals surface area contributed by atoms with Gasteiger partial charge in [-0.1, -0.05) is 11.6 Å². The Morgan fingerprint density at radius 1 is 1.20 bits per heavy atom. The molecule has 2 aromatic rings. The van der Waals surface area contributed by atoms with Crippen molar-refractivity contribution in [3.05, 3.63) is 40.5 Å². The maximum atomic E-state index is 12.5. The van der Waals surface area contributed by atoms with Crippen LogP contribution in [0.4, 0.5) is 30.6 Å². The van der Waals surface area contributed by atoms with Gasteiger partial charge < -0.3 is 11.1 Å². The van der Waals surface area contributed by atoms with Crippen LogP contribution >= 0.6 is 11.6 Å². The zero-order valence-electron chi connectivity index (χ0n) is 10.3. The Balaban J connectivity index is 2.30. The van der Waals surface area contributed by atoms with Gasteiger partial charge in [0.1, 0.15) is 5.82 Å². The van der Waals surface area contributed by atoms with E-state index in [0.29, 0.717) is 17.2 Å². The number of hydrogen-bond donors (Lipinski definition) is 2. The van der Waals surface area contributed by atoms with Crippen LogP contribution in [0, 0.1) is 6.92 Å². The van der Waals surface area contributed by atoms with Gasteiger partial charge in [0.25, 0.3) is 0 Å². The first-order valence-electron chi connectivity index (χ1n) is 5.50. The number of nitrogen functional groups attached to an aromatic ring is 1. The quantitative estimate of drug-likeness (QED) is 0.886. The fourth-order valence-corrected chi connectivity index (χ4v) is 1.81. The number of nitrogens with one attached hydrogen (secondary N) is 1. The third-order valence-electron chi connectivity index (χ3n) is 2.43. The monoisotopic (exact) mass is 302 g/mol. The van der Waals surface area contributed by atoms with E-state index in [9.17, 15) is 13.2 Å². The zero-order chi connectivity index (χ0) is 14.9. The summed E-state index contributed by atoms with van der Waals surface area (Å²) in [5.41, 5.74) is 5.61. The Bertz CT molecular complexity index is 623. The normalized spacial score (nSPS) is 11.4. The number of nitrogens with zero attached hydrogens (tertiary/aromatic N) is 2. The fourth-order valence-electron chi connectivity index (χ4n) is 1.59. The average molecular weight is 303 g/mol. The summed E-state index contributed by atoms with van der Waals surface area (Å²) in [6.45, 7) is 1.72. The number of aryl methyl sites for hydroxylation is 1. The van der Waals surface area contributed by atoms with E-state index in [1.165, 1.54) is 6.07 Å². The van der Waals surface area contributed by atoms with Crippen molar-refractivity contribution in [2.24, 2.45) is 0 Å². The van der Waals surface area contributed by atoms with E-state index in [4.69, 9.17) is 17.3 Å². The van der Waals surface area contributed by atoms with Gasteiger partial charge >= 0.3 is 6.18 Å². The van der Waals surface area contributed by atoms with Crippen molar-refractivity contribution in [2.75, 3.05) is 11.1 Å². The van der Waals surface area contributed by atoms with Crippen molar-refractivity contribution in [1.29, 1.82) is 0 Å². The van der Waals surface area contributed by atoms with Crippen LogP contribution in [0.5, 0.6) is 0 Å². The molecule has 0 spiro atoms. The van der Waals surface area contributed by atoms with E-state index in [1.54, 1.807) is 13.0 Å². The molecule has 0 radical (unpaired) electrons. The minimum Gasteiger partial charge on any atom is -0.368 e. The first kappa shape index (κ1) is 14.4. The van der Waals surface area contributed by atoms with Crippen LogP contribution in [0.3, 0.4) is 0 Å². The molecule has 0 aliphatic heterocycles. The van der Waals surface area contributed by atoms with Gasteiger partial charge in [-0.3, -0.25) is 0 Å². The topological polar surface area (TPSA) is 63.8 Å². The first-order chi connectivity index (χ1) is 9.25. The molecule has 0 saturated heterocycles. The van der Waals surface area contributed by atoms with Crippen molar-refractivity contribution in [2.45, 2.75) is 13.1 Å². The summed E-state index contributed by atoms with van der Waals surface area (Å²) in [6, 6.07) is 4.62. The standard InChI is InChI=1S/C12H10ClF3N4/c1-6-4-10(20-11(17)18-6)19-9-3-2-7(5-8(9)13)12(14,15)16/h2-5H,1H3,(H3,17,18,19,20). The van der Waals surface area contributed by atoms with Gasteiger partial charge in [-0.15, -0.1) is 0 Å². The third kappa shape index (κ3) is 3.30. The van der Waals surface area contributed by atoms with Gasteiger partial charge in [-0.05, 0) is 25.1 Å². The summed E-state index contributed by atoms with van der Waals surface area (Å²) in [4.78, 5) is 7.81. The molecule has 0 atom stereocenters. The number of halogens is 4. The first-order valence-corrected chi connectivity index (χ1v) is 5.88. The van der Waals surface area contributed by atoms with E-state index >= 15 is 0 Å². The summed E-state index contributed by atoms with van der Waals surface area (Å²) in [7, 11) is 0. The van der Waals surface area contributed by atoms with Crippen LogP contribution < -0.4 is 11.1 Å². The molecule has 8 heteroatoms. The molecule has 2 rings (SSSR count). The average Bonchev–Trinajstić information content (AvgIpc) is 2.29. The number of anilines is 3. The lowest BCUT2D eigenvalue weighted by molar-refractivity contribution is -0.137. The van der Waals surface area contributed by atoms with Crippen LogP contribution in [-0.2, 0) is 6.18 Å².